The van der Waals surface area contributed by atoms with Gasteiger partial charge in [0.2, 0.25) is 5.91 Å². The van der Waals surface area contributed by atoms with Crippen molar-refractivity contribution in [3.8, 4) is 0 Å². The zero-order valence-electron chi connectivity index (χ0n) is 15.3. The van der Waals surface area contributed by atoms with E-state index in [0.717, 1.165) is 38.4 Å². The quantitative estimate of drug-likeness (QED) is 0.700. The van der Waals surface area contributed by atoms with Crippen molar-refractivity contribution in [2.45, 2.75) is 38.3 Å². The van der Waals surface area contributed by atoms with Crippen molar-refractivity contribution in [1.29, 1.82) is 0 Å². The highest BCUT2D eigenvalue weighted by atomic mass is 16.5. The van der Waals surface area contributed by atoms with Crippen LogP contribution in [0.1, 0.15) is 25.1 Å². The van der Waals surface area contributed by atoms with Crippen molar-refractivity contribution >= 4 is 5.91 Å². The second-order valence-electron chi connectivity index (χ2n) is 7.36. The van der Waals surface area contributed by atoms with E-state index in [1.807, 2.05) is 4.57 Å². The maximum absolute atomic E-state index is 12.6. The van der Waals surface area contributed by atoms with E-state index >= 15 is 0 Å². The van der Waals surface area contributed by atoms with Crippen molar-refractivity contribution in [2.24, 2.45) is 5.41 Å². The molecule has 2 aliphatic heterocycles. The summed E-state index contributed by atoms with van der Waals surface area (Å²) in [6.07, 6.45) is 5.71. The average Bonchev–Trinajstić information content (AvgIpc) is 3.18. The first-order chi connectivity index (χ1) is 12.1. The van der Waals surface area contributed by atoms with Crippen LogP contribution in [0.15, 0.2) is 6.33 Å². The number of carbonyl (C=O) groups excluding carboxylic acids is 1. The molecule has 0 aliphatic carbocycles. The van der Waals surface area contributed by atoms with Crippen LogP contribution >= 0.6 is 0 Å². The van der Waals surface area contributed by atoms with E-state index in [4.69, 9.17) is 4.74 Å². The first kappa shape index (κ1) is 18.3. The maximum atomic E-state index is 12.6. The number of rotatable bonds is 7. The first-order valence-electron chi connectivity index (χ1n) is 9.18. The van der Waals surface area contributed by atoms with Crippen LogP contribution in [0.2, 0.25) is 0 Å². The smallest absolute Gasteiger partial charge is 0.237 e. The Hall–Kier alpha value is -1.51. The Kier molecular flexibility index (Phi) is 6.03. The summed E-state index contributed by atoms with van der Waals surface area (Å²) in [5.74, 6) is 1.02. The van der Waals surface area contributed by atoms with Gasteiger partial charge in [0, 0.05) is 33.2 Å². The van der Waals surface area contributed by atoms with Crippen LogP contribution < -0.4 is 10.6 Å². The number of aromatic nitrogens is 3. The zero-order chi connectivity index (χ0) is 17.7. The molecule has 0 unspecified atom stereocenters. The van der Waals surface area contributed by atoms with Crippen LogP contribution in [0.3, 0.4) is 0 Å². The number of hydrogen-bond donors (Lipinski definition) is 2. The Labute approximate surface area is 149 Å². The molecule has 3 rings (SSSR count). The molecule has 2 N–H and O–H groups in total. The van der Waals surface area contributed by atoms with E-state index < -0.39 is 0 Å². The molecular weight excluding hydrogens is 320 g/mol. The third kappa shape index (κ3) is 4.37. The van der Waals surface area contributed by atoms with Gasteiger partial charge in [0.15, 0.2) is 0 Å². The van der Waals surface area contributed by atoms with Crippen molar-refractivity contribution < 1.29 is 9.53 Å². The largest absolute Gasteiger partial charge is 0.383 e. The van der Waals surface area contributed by atoms with Gasteiger partial charge in [0.05, 0.1) is 12.6 Å². The minimum absolute atomic E-state index is 0.00976. The van der Waals surface area contributed by atoms with Crippen LogP contribution in [0, 0.1) is 5.41 Å². The lowest BCUT2D eigenvalue weighted by molar-refractivity contribution is -0.125. The lowest BCUT2D eigenvalue weighted by atomic mass is 9.77. The van der Waals surface area contributed by atoms with E-state index in [1.165, 1.54) is 12.8 Å². The molecule has 8 heteroatoms. The van der Waals surface area contributed by atoms with Crippen molar-refractivity contribution in [1.82, 2.24) is 30.3 Å². The summed E-state index contributed by atoms with van der Waals surface area (Å²) >= 11 is 0. The van der Waals surface area contributed by atoms with E-state index in [2.05, 4.69) is 32.8 Å². The third-order valence-corrected chi connectivity index (χ3v) is 5.59. The summed E-state index contributed by atoms with van der Waals surface area (Å²) in [4.78, 5) is 14.9. The summed E-state index contributed by atoms with van der Waals surface area (Å²) < 4.78 is 7.06. The summed E-state index contributed by atoms with van der Waals surface area (Å²) in [7, 11) is 3.75. The van der Waals surface area contributed by atoms with Crippen LogP contribution in [0.5, 0.6) is 0 Å². The number of amides is 1. The third-order valence-electron chi connectivity index (χ3n) is 5.59. The lowest BCUT2D eigenvalue weighted by Gasteiger charge is -2.33. The fourth-order valence-electron chi connectivity index (χ4n) is 4.15. The predicted molar refractivity (Wildman–Crippen MR) is 94.2 cm³/mol. The molecule has 0 radical (unpaired) electrons. The number of nitrogens with one attached hydrogen (secondary N) is 2. The van der Waals surface area contributed by atoms with Crippen LogP contribution in [-0.2, 0) is 22.5 Å². The molecule has 25 heavy (non-hydrogen) atoms. The molecule has 2 fully saturated rings. The normalized spacial score (nSPS) is 23.2. The van der Waals surface area contributed by atoms with Gasteiger partial charge in [-0.3, -0.25) is 9.69 Å². The molecule has 0 bridgehead atoms. The molecule has 1 spiro atoms. The second-order valence-corrected chi connectivity index (χ2v) is 7.36. The van der Waals surface area contributed by atoms with E-state index in [-0.39, 0.29) is 11.9 Å². The van der Waals surface area contributed by atoms with Crippen LogP contribution in [0.25, 0.3) is 0 Å². The topological polar surface area (TPSA) is 84.3 Å². The molecule has 1 aromatic heterocycles. The molecule has 8 nitrogen and oxygen atoms in total. The number of piperidine rings is 1. The molecule has 2 aliphatic rings. The SMILES string of the molecule is COCCn1cnnc1CCNC(=O)[C@H]1CC2(CCNCC2)CN1C. The van der Waals surface area contributed by atoms with Gasteiger partial charge >= 0.3 is 0 Å². The Morgan fingerprint density at radius 3 is 3.04 bits per heavy atom. The predicted octanol–water partition coefficient (Wildman–Crippen LogP) is -0.343. The van der Waals surface area contributed by atoms with Gasteiger partial charge in [-0.25, -0.2) is 0 Å². The fourth-order valence-corrected chi connectivity index (χ4v) is 4.15. The number of likely N-dealkylation sites (N-methyl/N-ethyl adjacent to an activating group) is 1. The number of ether oxygens (including phenoxy) is 1. The molecule has 1 aromatic rings. The van der Waals surface area contributed by atoms with Gasteiger partial charge in [-0.2, -0.15) is 0 Å². The molecule has 0 saturated carbocycles. The van der Waals surface area contributed by atoms with E-state index in [0.29, 0.717) is 25.0 Å². The number of hydrogen-bond acceptors (Lipinski definition) is 6. The summed E-state index contributed by atoms with van der Waals surface area (Å²) in [5, 5.41) is 14.6. The summed E-state index contributed by atoms with van der Waals surface area (Å²) in [6, 6.07) is -0.00976. The zero-order valence-corrected chi connectivity index (χ0v) is 15.3. The minimum Gasteiger partial charge on any atom is -0.383 e. The monoisotopic (exact) mass is 350 g/mol. The number of carbonyl (C=O) groups is 1. The molecule has 2 saturated heterocycles. The van der Waals surface area contributed by atoms with Crippen molar-refractivity contribution in [3.05, 3.63) is 12.2 Å². The summed E-state index contributed by atoms with van der Waals surface area (Å²) in [6.45, 7) is 5.11. The van der Waals surface area contributed by atoms with Gasteiger partial charge in [-0.15, -0.1) is 10.2 Å². The van der Waals surface area contributed by atoms with Gasteiger partial charge in [-0.05, 0) is 44.8 Å². The molecular formula is C17H30N6O2. The molecule has 1 amide bonds. The standard InChI is InChI=1S/C17H30N6O2/c1-22-12-17(4-7-18-8-5-17)11-14(22)16(24)19-6-3-15-21-20-13-23(15)9-10-25-2/h13-14,18H,3-12H2,1-2H3,(H,19,24)/t14-/m1/s1. The van der Waals surface area contributed by atoms with E-state index in [1.54, 1.807) is 13.4 Å². The van der Waals surface area contributed by atoms with Crippen molar-refractivity contribution in [3.63, 3.8) is 0 Å². The Morgan fingerprint density at radius 1 is 1.48 bits per heavy atom. The Bertz CT molecular complexity index is 569. The summed E-state index contributed by atoms with van der Waals surface area (Å²) in [5.41, 5.74) is 0.322. The molecule has 0 aromatic carbocycles. The molecule has 140 valence electrons. The second kappa shape index (κ2) is 8.25. The first-order valence-corrected chi connectivity index (χ1v) is 9.18. The maximum Gasteiger partial charge on any atom is 0.237 e. The Balaban J connectivity index is 1.47. The highest BCUT2D eigenvalue weighted by molar-refractivity contribution is 5.82. The fraction of sp³-hybridized carbons (Fsp3) is 0.824. The highest BCUT2D eigenvalue weighted by Crippen LogP contribution is 2.41. The number of likely N-dealkylation sites (tertiary alicyclic amines) is 1. The average molecular weight is 350 g/mol. The van der Waals surface area contributed by atoms with Gasteiger partial charge in [-0.1, -0.05) is 0 Å². The number of methoxy groups -OCH3 is 1. The van der Waals surface area contributed by atoms with Gasteiger partial charge in [0.25, 0.3) is 0 Å². The molecule has 3 heterocycles. The van der Waals surface area contributed by atoms with E-state index in [9.17, 15) is 4.79 Å². The molecule has 1 atom stereocenters. The van der Waals surface area contributed by atoms with Crippen LogP contribution in [-0.4, -0.2) is 78.6 Å². The van der Waals surface area contributed by atoms with Gasteiger partial charge < -0.3 is 19.9 Å². The van der Waals surface area contributed by atoms with Crippen molar-refractivity contribution in [2.75, 3.05) is 46.9 Å². The number of nitrogens with zero attached hydrogens (tertiary/aromatic N) is 4. The Morgan fingerprint density at radius 2 is 2.28 bits per heavy atom. The highest BCUT2D eigenvalue weighted by Gasteiger charge is 2.45. The minimum atomic E-state index is -0.00976. The lowest BCUT2D eigenvalue weighted by Crippen LogP contribution is -2.42. The van der Waals surface area contributed by atoms with Gasteiger partial charge in [0.1, 0.15) is 12.2 Å². The van der Waals surface area contributed by atoms with Crippen LogP contribution in [0.4, 0.5) is 0 Å².